The van der Waals surface area contributed by atoms with E-state index < -0.39 is 48.3 Å². The van der Waals surface area contributed by atoms with E-state index in [1.807, 2.05) is 0 Å². The van der Waals surface area contributed by atoms with Crippen molar-refractivity contribution in [3.05, 3.63) is 23.5 Å². The van der Waals surface area contributed by atoms with E-state index in [0.29, 0.717) is 0 Å². The van der Waals surface area contributed by atoms with E-state index in [1.165, 1.54) is 5.32 Å². The van der Waals surface area contributed by atoms with Gasteiger partial charge in [-0.3, -0.25) is 0 Å². The highest BCUT2D eigenvalue weighted by molar-refractivity contribution is 5.45. The smallest absolute Gasteiger partial charge is 0.287 e. The van der Waals surface area contributed by atoms with E-state index in [0.717, 1.165) is 0 Å². The van der Waals surface area contributed by atoms with Crippen molar-refractivity contribution >= 4 is 5.69 Å². The molecule has 0 bridgehead atoms. The summed E-state index contributed by atoms with van der Waals surface area (Å²) in [5, 5.41) is 9.66. The molecule has 0 unspecified atom stereocenters. The van der Waals surface area contributed by atoms with Gasteiger partial charge >= 0.3 is 0 Å². The Balaban J connectivity index is 2.99. The molecule has 0 saturated carbocycles. The first-order valence-electron chi connectivity index (χ1n) is 4.21. The molecule has 1 aromatic heterocycles. The second-order valence-corrected chi connectivity index (χ2v) is 3.06. The molecule has 0 aliphatic carbocycles. The van der Waals surface area contributed by atoms with E-state index in [2.05, 4.69) is 4.98 Å². The number of aromatic nitrogens is 1. The fourth-order valence-electron chi connectivity index (χ4n) is 0.916. The van der Waals surface area contributed by atoms with Gasteiger partial charge in [0.05, 0.1) is 6.54 Å². The summed E-state index contributed by atoms with van der Waals surface area (Å²) in [6, 6.07) is 0. The Morgan fingerprint density at radius 1 is 1.06 bits per heavy atom. The van der Waals surface area contributed by atoms with Gasteiger partial charge in [-0.15, -0.1) is 0 Å². The Bertz CT molecular complexity index is 399. The minimum absolute atomic E-state index is 1.39. The van der Waals surface area contributed by atoms with Crippen LogP contribution in [0.4, 0.5) is 32.0 Å². The SMILES string of the molecule is OCC(F)(F)CNc1c(F)c(F)nc(F)c1F. The van der Waals surface area contributed by atoms with Crippen LogP contribution in [0.15, 0.2) is 0 Å². The summed E-state index contributed by atoms with van der Waals surface area (Å²) in [7, 11) is 0. The fourth-order valence-corrected chi connectivity index (χ4v) is 0.916. The molecule has 17 heavy (non-hydrogen) atoms. The predicted octanol–water partition coefficient (Wildman–Crippen LogP) is 1.68. The molecular weight excluding hydrogens is 254 g/mol. The average molecular weight is 260 g/mol. The van der Waals surface area contributed by atoms with Crippen molar-refractivity contribution in [2.75, 3.05) is 18.5 Å². The quantitative estimate of drug-likeness (QED) is 0.639. The number of hydrogen-bond acceptors (Lipinski definition) is 3. The lowest BCUT2D eigenvalue weighted by Gasteiger charge is -2.15. The van der Waals surface area contributed by atoms with Gasteiger partial charge in [0.25, 0.3) is 17.8 Å². The van der Waals surface area contributed by atoms with Crippen molar-refractivity contribution in [2.45, 2.75) is 5.92 Å². The van der Waals surface area contributed by atoms with Crippen molar-refractivity contribution in [2.24, 2.45) is 0 Å². The number of nitrogens with one attached hydrogen (secondary N) is 1. The molecule has 0 aliphatic rings. The predicted molar refractivity (Wildman–Crippen MR) is 44.6 cm³/mol. The highest BCUT2D eigenvalue weighted by Crippen LogP contribution is 2.23. The van der Waals surface area contributed by atoms with Crippen LogP contribution < -0.4 is 5.32 Å². The molecular formula is C8H6F6N2O. The van der Waals surface area contributed by atoms with Gasteiger partial charge in [0.2, 0.25) is 11.6 Å². The summed E-state index contributed by atoms with van der Waals surface area (Å²) in [5.41, 5.74) is -1.40. The molecule has 0 saturated heterocycles. The van der Waals surface area contributed by atoms with Gasteiger partial charge in [-0.25, -0.2) is 8.78 Å². The summed E-state index contributed by atoms with van der Waals surface area (Å²) in [5.74, 6) is -11.4. The van der Waals surface area contributed by atoms with E-state index in [9.17, 15) is 26.3 Å². The number of aliphatic hydroxyl groups is 1. The van der Waals surface area contributed by atoms with Gasteiger partial charge in [0.1, 0.15) is 12.3 Å². The van der Waals surface area contributed by atoms with Crippen LogP contribution in [0.2, 0.25) is 0 Å². The Kier molecular flexibility index (Phi) is 3.81. The molecule has 3 nitrogen and oxygen atoms in total. The number of hydrogen-bond donors (Lipinski definition) is 2. The molecule has 1 aromatic rings. The summed E-state index contributed by atoms with van der Waals surface area (Å²) in [6.45, 7) is -2.97. The lowest BCUT2D eigenvalue weighted by molar-refractivity contribution is -0.0373. The summed E-state index contributed by atoms with van der Waals surface area (Å²) in [4.78, 5) is 2.24. The number of rotatable bonds is 4. The molecule has 0 fully saturated rings. The second-order valence-electron chi connectivity index (χ2n) is 3.06. The number of pyridine rings is 1. The van der Waals surface area contributed by atoms with Crippen LogP contribution in [0.3, 0.4) is 0 Å². The van der Waals surface area contributed by atoms with Gasteiger partial charge in [0.15, 0.2) is 0 Å². The molecule has 0 spiro atoms. The lowest BCUT2D eigenvalue weighted by Crippen LogP contribution is -2.31. The van der Waals surface area contributed by atoms with Gasteiger partial charge in [-0.1, -0.05) is 0 Å². The zero-order valence-electron chi connectivity index (χ0n) is 8.08. The molecule has 1 heterocycles. The highest BCUT2D eigenvalue weighted by Gasteiger charge is 2.29. The first-order valence-corrected chi connectivity index (χ1v) is 4.21. The number of nitrogens with zero attached hydrogens (tertiary/aromatic N) is 1. The molecule has 0 aromatic carbocycles. The maximum absolute atomic E-state index is 12.9. The Hall–Kier alpha value is -1.51. The number of aliphatic hydroxyl groups excluding tert-OH is 1. The van der Waals surface area contributed by atoms with Crippen LogP contribution >= 0.6 is 0 Å². The molecule has 9 heteroatoms. The van der Waals surface area contributed by atoms with Crippen molar-refractivity contribution in [1.29, 1.82) is 0 Å². The largest absolute Gasteiger partial charge is 0.390 e. The monoisotopic (exact) mass is 260 g/mol. The van der Waals surface area contributed by atoms with Crippen molar-refractivity contribution < 1.29 is 31.4 Å². The molecule has 1 rings (SSSR count). The summed E-state index contributed by atoms with van der Waals surface area (Å²) in [6.07, 6.45) is 0. The first-order chi connectivity index (χ1) is 7.78. The third-order valence-electron chi connectivity index (χ3n) is 1.75. The van der Waals surface area contributed by atoms with Crippen molar-refractivity contribution in [3.8, 4) is 0 Å². The van der Waals surface area contributed by atoms with E-state index >= 15 is 0 Å². The number of halogens is 6. The topological polar surface area (TPSA) is 45.1 Å². The molecule has 0 amide bonds. The zero-order chi connectivity index (χ0) is 13.2. The van der Waals surface area contributed by atoms with Crippen LogP contribution in [-0.4, -0.2) is 29.2 Å². The third-order valence-corrected chi connectivity index (χ3v) is 1.75. The minimum Gasteiger partial charge on any atom is -0.390 e. The zero-order valence-corrected chi connectivity index (χ0v) is 8.08. The van der Waals surface area contributed by atoms with Crippen molar-refractivity contribution in [3.63, 3.8) is 0 Å². The molecule has 96 valence electrons. The van der Waals surface area contributed by atoms with Crippen LogP contribution in [0.1, 0.15) is 0 Å². The normalized spacial score (nSPS) is 11.7. The molecule has 0 radical (unpaired) electrons. The lowest BCUT2D eigenvalue weighted by atomic mass is 10.3. The Labute approximate surface area is 91.1 Å². The maximum atomic E-state index is 12.9. The molecule has 0 atom stereocenters. The van der Waals surface area contributed by atoms with Crippen LogP contribution in [0, 0.1) is 23.5 Å². The van der Waals surface area contributed by atoms with Gasteiger partial charge in [0, 0.05) is 0 Å². The Morgan fingerprint density at radius 3 is 1.94 bits per heavy atom. The number of alkyl halides is 2. The van der Waals surface area contributed by atoms with Gasteiger partial charge in [-0.05, 0) is 0 Å². The van der Waals surface area contributed by atoms with E-state index in [-0.39, 0.29) is 0 Å². The van der Waals surface area contributed by atoms with Gasteiger partial charge < -0.3 is 10.4 Å². The molecule has 0 aliphatic heterocycles. The standard InChI is InChI=1S/C8H6F6N2O/c9-3-5(15-1-8(13,14)2-17)4(10)7(12)16-6(3)11/h17H,1-2H2,(H,15,16). The molecule has 2 N–H and O–H groups in total. The highest BCUT2D eigenvalue weighted by atomic mass is 19.3. The Morgan fingerprint density at radius 2 is 1.53 bits per heavy atom. The summed E-state index contributed by atoms with van der Waals surface area (Å²) >= 11 is 0. The second kappa shape index (κ2) is 4.78. The van der Waals surface area contributed by atoms with Crippen LogP contribution in [0.5, 0.6) is 0 Å². The van der Waals surface area contributed by atoms with Crippen molar-refractivity contribution in [1.82, 2.24) is 4.98 Å². The maximum Gasteiger partial charge on any atom is 0.287 e. The average Bonchev–Trinajstić information content (AvgIpc) is 2.26. The summed E-state index contributed by atoms with van der Waals surface area (Å²) < 4.78 is 76.0. The van der Waals surface area contributed by atoms with Gasteiger partial charge in [-0.2, -0.15) is 22.5 Å². The number of anilines is 1. The van der Waals surface area contributed by atoms with E-state index in [4.69, 9.17) is 5.11 Å². The first kappa shape index (κ1) is 13.6. The fraction of sp³-hybridized carbons (Fsp3) is 0.375. The van der Waals surface area contributed by atoms with E-state index in [1.54, 1.807) is 0 Å². The third kappa shape index (κ3) is 2.99. The van der Waals surface area contributed by atoms with Crippen LogP contribution in [0.25, 0.3) is 0 Å². The van der Waals surface area contributed by atoms with Crippen LogP contribution in [-0.2, 0) is 0 Å². The minimum atomic E-state index is -3.69.